The number of rotatable bonds is 3. The van der Waals surface area contributed by atoms with Crippen molar-refractivity contribution in [1.29, 1.82) is 0 Å². The van der Waals surface area contributed by atoms with Gasteiger partial charge in [-0.2, -0.15) is 0 Å². The molecule has 0 nitrogen and oxygen atoms in total. The van der Waals surface area contributed by atoms with Gasteiger partial charge in [-0.05, 0) is 87.8 Å². The number of benzene rings is 6. The fourth-order valence-electron chi connectivity index (χ4n) is 5.63. The highest BCUT2D eigenvalue weighted by molar-refractivity contribution is 7.15. The zero-order valence-electron chi connectivity index (χ0n) is 23.2. The lowest BCUT2D eigenvalue weighted by Crippen LogP contribution is -1.89. The zero-order chi connectivity index (χ0) is 27.5. The average Bonchev–Trinajstić information content (AvgIpc) is 3.43. The second-order valence-electron chi connectivity index (χ2n) is 10.2. The van der Waals surface area contributed by atoms with Gasteiger partial charge in [0.2, 0.25) is 0 Å². The third kappa shape index (κ3) is 4.97. The van der Waals surface area contributed by atoms with Crippen LogP contribution in [0.4, 0.5) is 0 Å². The predicted octanol–water partition coefficient (Wildman–Crippen LogP) is 11.7. The summed E-state index contributed by atoms with van der Waals surface area (Å²) in [5.41, 5.74) is 9.30. The summed E-state index contributed by atoms with van der Waals surface area (Å²) in [7, 11) is 0. The Kier molecular flexibility index (Phi) is 7.31. The molecule has 0 amide bonds. The first-order valence-corrected chi connectivity index (χ1v) is 14.6. The van der Waals surface area contributed by atoms with E-state index in [1.54, 1.807) is 0 Å². The van der Waals surface area contributed by atoms with Crippen molar-refractivity contribution in [2.24, 2.45) is 0 Å². The molecule has 0 unspecified atom stereocenters. The molecule has 0 N–H and O–H groups in total. The SMILES string of the molecule is Cc1ccc(-c2c3ccccc3c(-c3ccccc3)c3ccccc23)s1.Cc1ccccc1-c1ccccc1C. The van der Waals surface area contributed by atoms with E-state index >= 15 is 0 Å². The molecule has 1 aromatic heterocycles. The molecule has 0 saturated carbocycles. The van der Waals surface area contributed by atoms with Crippen LogP contribution in [-0.2, 0) is 0 Å². The first-order valence-electron chi connectivity index (χ1n) is 13.8. The van der Waals surface area contributed by atoms with Gasteiger partial charge in [0.05, 0.1) is 0 Å². The van der Waals surface area contributed by atoms with Crippen LogP contribution in [0.3, 0.4) is 0 Å². The van der Waals surface area contributed by atoms with Crippen LogP contribution in [0.1, 0.15) is 16.0 Å². The van der Waals surface area contributed by atoms with Crippen LogP contribution in [-0.4, -0.2) is 0 Å². The summed E-state index contributed by atoms with van der Waals surface area (Å²) in [4.78, 5) is 2.69. The molecule has 194 valence electrons. The van der Waals surface area contributed by atoms with Gasteiger partial charge >= 0.3 is 0 Å². The summed E-state index contributed by atoms with van der Waals surface area (Å²) in [5.74, 6) is 0. The molecule has 7 rings (SSSR count). The lowest BCUT2D eigenvalue weighted by Gasteiger charge is -2.16. The summed E-state index contributed by atoms with van der Waals surface area (Å²) in [6, 6.07) is 49.9. The molecule has 40 heavy (non-hydrogen) atoms. The summed E-state index contributed by atoms with van der Waals surface area (Å²) < 4.78 is 0. The smallest absolute Gasteiger partial charge is 0.0358 e. The van der Waals surface area contributed by atoms with Gasteiger partial charge in [0, 0.05) is 15.3 Å². The van der Waals surface area contributed by atoms with E-state index in [0.29, 0.717) is 0 Å². The maximum atomic E-state index is 2.26. The van der Waals surface area contributed by atoms with Gasteiger partial charge < -0.3 is 0 Å². The topological polar surface area (TPSA) is 0 Å². The lowest BCUT2D eigenvalue weighted by atomic mass is 9.88. The van der Waals surface area contributed by atoms with Crippen molar-refractivity contribution in [1.82, 2.24) is 0 Å². The van der Waals surface area contributed by atoms with E-state index in [0.717, 1.165) is 0 Å². The van der Waals surface area contributed by atoms with Crippen LogP contribution in [0.5, 0.6) is 0 Å². The molecule has 6 aromatic carbocycles. The largest absolute Gasteiger partial charge is 0.141 e. The second-order valence-corrected chi connectivity index (χ2v) is 11.5. The van der Waals surface area contributed by atoms with Crippen molar-refractivity contribution in [3.8, 4) is 32.7 Å². The van der Waals surface area contributed by atoms with Crippen LogP contribution >= 0.6 is 11.3 Å². The standard InChI is InChI=1S/C25H18S.C14H14/c1-17-15-16-23(26-17)25-21-13-7-5-11-19(21)24(18-9-3-2-4-10-18)20-12-6-8-14-22(20)25;1-11-7-3-5-9-13(11)14-10-6-4-8-12(14)2/h2-16H,1H3;3-10H,1-2H3. The van der Waals surface area contributed by atoms with Crippen molar-refractivity contribution in [3.63, 3.8) is 0 Å². The molecule has 7 aromatic rings. The second kappa shape index (κ2) is 11.3. The quantitative estimate of drug-likeness (QED) is 0.199. The molecular weight excluding hydrogens is 500 g/mol. The summed E-state index contributed by atoms with van der Waals surface area (Å²) in [6.07, 6.45) is 0. The molecule has 0 atom stereocenters. The van der Waals surface area contributed by atoms with Crippen LogP contribution in [0.15, 0.2) is 140 Å². The Morgan fingerprint density at radius 1 is 0.375 bits per heavy atom. The zero-order valence-corrected chi connectivity index (χ0v) is 24.0. The van der Waals surface area contributed by atoms with Gasteiger partial charge in [0.15, 0.2) is 0 Å². The van der Waals surface area contributed by atoms with Crippen LogP contribution in [0, 0.1) is 20.8 Å². The molecule has 0 aliphatic carbocycles. The van der Waals surface area contributed by atoms with Crippen molar-refractivity contribution in [2.45, 2.75) is 20.8 Å². The molecule has 0 fully saturated rings. The maximum Gasteiger partial charge on any atom is 0.0358 e. The molecule has 1 heterocycles. The third-order valence-corrected chi connectivity index (χ3v) is 8.58. The van der Waals surface area contributed by atoms with Crippen molar-refractivity contribution in [3.05, 3.63) is 156 Å². The number of thiophene rings is 1. The van der Waals surface area contributed by atoms with E-state index < -0.39 is 0 Å². The number of fused-ring (bicyclic) bond motifs is 2. The Labute approximate surface area is 241 Å². The van der Waals surface area contributed by atoms with Gasteiger partial charge in [-0.15, -0.1) is 11.3 Å². The molecule has 0 saturated heterocycles. The lowest BCUT2D eigenvalue weighted by molar-refractivity contribution is 1.41. The highest BCUT2D eigenvalue weighted by Gasteiger charge is 2.16. The first-order chi connectivity index (χ1) is 19.6. The van der Waals surface area contributed by atoms with Gasteiger partial charge in [-0.1, -0.05) is 127 Å². The number of aryl methyl sites for hydroxylation is 3. The van der Waals surface area contributed by atoms with E-state index in [9.17, 15) is 0 Å². The Balaban J connectivity index is 0.000000175. The number of hydrogen-bond acceptors (Lipinski definition) is 1. The Morgan fingerprint density at radius 3 is 1.25 bits per heavy atom. The summed E-state index contributed by atoms with van der Waals surface area (Å²) in [5, 5.41) is 5.29. The summed E-state index contributed by atoms with van der Waals surface area (Å²) >= 11 is 1.87. The minimum absolute atomic E-state index is 1.27. The van der Waals surface area contributed by atoms with Crippen LogP contribution < -0.4 is 0 Å². The van der Waals surface area contributed by atoms with E-state index in [1.807, 2.05) is 11.3 Å². The maximum absolute atomic E-state index is 2.26. The van der Waals surface area contributed by atoms with E-state index in [4.69, 9.17) is 0 Å². The highest BCUT2D eigenvalue weighted by Crippen LogP contribution is 2.44. The molecule has 1 heteroatoms. The molecule has 0 spiro atoms. The minimum atomic E-state index is 1.27. The minimum Gasteiger partial charge on any atom is -0.141 e. The van der Waals surface area contributed by atoms with Crippen LogP contribution in [0.25, 0.3) is 54.2 Å². The van der Waals surface area contributed by atoms with E-state index in [-0.39, 0.29) is 0 Å². The van der Waals surface area contributed by atoms with Gasteiger partial charge in [-0.3, -0.25) is 0 Å². The van der Waals surface area contributed by atoms with Gasteiger partial charge in [-0.25, -0.2) is 0 Å². The van der Waals surface area contributed by atoms with Gasteiger partial charge in [0.25, 0.3) is 0 Å². The Morgan fingerprint density at radius 2 is 0.800 bits per heavy atom. The van der Waals surface area contributed by atoms with Crippen LogP contribution in [0.2, 0.25) is 0 Å². The monoisotopic (exact) mass is 532 g/mol. The Bertz CT molecular complexity index is 1820. The molecule has 0 bridgehead atoms. The molecule has 0 aliphatic heterocycles. The third-order valence-electron chi connectivity index (χ3n) is 7.56. The fraction of sp³-hybridized carbons (Fsp3) is 0.0769. The first kappa shape index (κ1) is 25.8. The van der Waals surface area contributed by atoms with E-state index in [2.05, 4.69) is 160 Å². The normalized spacial score (nSPS) is 10.9. The van der Waals surface area contributed by atoms with Crippen molar-refractivity contribution < 1.29 is 0 Å². The molecule has 0 radical (unpaired) electrons. The molecular formula is C39H32S. The number of hydrogen-bond donors (Lipinski definition) is 0. The average molecular weight is 533 g/mol. The Hall–Kier alpha value is -4.46. The predicted molar refractivity (Wildman–Crippen MR) is 176 cm³/mol. The molecule has 0 aliphatic rings. The van der Waals surface area contributed by atoms with Crippen molar-refractivity contribution in [2.75, 3.05) is 0 Å². The van der Waals surface area contributed by atoms with Gasteiger partial charge in [0.1, 0.15) is 0 Å². The highest BCUT2D eigenvalue weighted by atomic mass is 32.1. The summed E-state index contributed by atoms with van der Waals surface area (Å²) in [6.45, 7) is 6.49. The van der Waals surface area contributed by atoms with E-state index in [1.165, 1.54) is 70.2 Å². The fourth-order valence-corrected chi connectivity index (χ4v) is 6.57. The van der Waals surface area contributed by atoms with Crippen molar-refractivity contribution >= 4 is 32.9 Å².